The predicted molar refractivity (Wildman–Crippen MR) is 75.3 cm³/mol. The number of aliphatic hydroxyl groups excluding tert-OH is 1. The lowest BCUT2D eigenvalue weighted by atomic mass is 10.0. The molecule has 0 aliphatic rings. The highest BCUT2D eigenvalue weighted by Crippen LogP contribution is 2.24. The van der Waals surface area contributed by atoms with Crippen LogP contribution >= 0.6 is 0 Å². The lowest BCUT2D eigenvalue weighted by Gasteiger charge is -2.13. The van der Waals surface area contributed by atoms with Gasteiger partial charge in [0.2, 0.25) is 0 Å². The maximum absolute atomic E-state index is 10.3. The van der Waals surface area contributed by atoms with Gasteiger partial charge in [0.1, 0.15) is 11.9 Å². The van der Waals surface area contributed by atoms with Gasteiger partial charge in [0.25, 0.3) is 0 Å². The van der Waals surface area contributed by atoms with Crippen LogP contribution < -0.4 is 4.74 Å². The van der Waals surface area contributed by atoms with Gasteiger partial charge in [-0.15, -0.1) is 0 Å². The summed E-state index contributed by atoms with van der Waals surface area (Å²) in [6, 6.07) is 11.3. The van der Waals surface area contributed by atoms with Gasteiger partial charge in [0, 0.05) is 6.20 Å². The Balaban J connectivity index is 2.16. The van der Waals surface area contributed by atoms with Crippen LogP contribution in [0.4, 0.5) is 0 Å². The monoisotopic (exact) mass is 257 g/mol. The maximum atomic E-state index is 10.3. The number of benzene rings is 1. The van der Waals surface area contributed by atoms with E-state index in [1.165, 1.54) is 0 Å². The van der Waals surface area contributed by atoms with Crippen molar-refractivity contribution in [2.75, 3.05) is 6.61 Å². The minimum absolute atomic E-state index is 0.693. The topological polar surface area (TPSA) is 42.4 Å². The fourth-order valence-electron chi connectivity index (χ4n) is 1.91. The molecule has 0 radical (unpaired) electrons. The van der Waals surface area contributed by atoms with Gasteiger partial charge < -0.3 is 9.84 Å². The van der Waals surface area contributed by atoms with Crippen LogP contribution in [-0.4, -0.2) is 16.7 Å². The van der Waals surface area contributed by atoms with Gasteiger partial charge in [-0.25, -0.2) is 0 Å². The van der Waals surface area contributed by atoms with E-state index in [1.807, 2.05) is 43.3 Å². The highest BCUT2D eigenvalue weighted by atomic mass is 16.5. The van der Waals surface area contributed by atoms with Crippen LogP contribution in [0.1, 0.15) is 36.3 Å². The zero-order valence-corrected chi connectivity index (χ0v) is 11.3. The third-order valence-corrected chi connectivity index (χ3v) is 2.98. The molecule has 19 heavy (non-hydrogen) atoms. The van der Waals surface area contributed by atoms with Crippen molar-refractivity contribution in [3.8, 4) is 5.75 Å². The van der Waals surface area contributed by atoms with E-state index in [9.17, 15) is 5.11 Å². The molecular weight excluding hydrogens is 238 g/mol. The summed E-state index contributed by atoms with van der Waals surface area (Å²) in [4.78, 5) is 4.25. The zero-order valence-electron chi connectivity index (χ0n) is 11.3. The molecule has 2 rings (SSSR count). The molecule has 3 nitrogen and oxygen atoms in total. The Morgan fingerprint density at radius 1 is 1.21 bits per heavy atom. The summed E-state index contributed by atoms with van der Waals surface area (Å²) >= 11 is 0. The Bertz CT molecular complexity index is 523. The van der Waals surface area contributed by atoms with E-state index in [1.54, 1.807) is 6.20 Å². The molecule has 0 bridgehead atoms. The first-order valence-corrected chi connectivity index (χ1v) is 6.54. The third kappa shape index (κ3) is 3.32. The summed E-state index contributed by atoms with van der Waals surface area (Å²) in [6.45, 7) is 4.73. The number of aliphatic hydroxyl groups is 1. The first kappa shape index (κ1) is 13.6. The number of rotatable bonds is 5. The fraction of sp³-hybridized carbons (Fsp3) is 0.312. The first-order valence-electron chi connectivity index (χ1n) is 6.54. The molecule has 1 heterocycles. The Labute approximate surface area is 113 Å². The summed E-state index contributed by atoms with van der Waals surface area (Å²) in [5, 5.41) is 10.3. The summed E-state index contributed by atoms with van der Waals surface area (Å²) in [5.74, 6) is 0.829. The van der Waals surface area contributed by atoms with Crippen molar-refractivity contribution in [1.82, 2.24) is 4.98 Å². The number of hydrogen-bond acceptors (Lipinski definition) is 3. The Hall–Kier alpha value is -1.87. The van der Waals surface area contributed by atoms with Gasteiger partial charge in [-0.3, -0.25) is 4.98 Å². The van der Waals surface area contributed by atoms with E-state index in [-0.39, 0.29) is 0 Å². The average molecular weight is 257 g/mol. The highest BCUT2D eigenvalue weighted by Gasteiger charge is 2.13. The molecule has 1 unspecified atom stereocenters. The molecule has 0 amide bonds. The van der Waals surface area contributed by atoms with Crippen LogP contribution in [0.25, 0.3) is 0 Å². The third-order valence-electron chi connectivity index (χ3n) is 2.98. The van der Waals surface area contributed by atoms with Gasteiger partial charge in [-0.2, -0.15) is 0 Å². The van der Waals surface area contributed by atoms with Crippen LogP contribution in [0, 0.1) is 6.92 Å². The second kappa shape index (κ2) is 6.34. The van der Waals surface area contributed by atoms with Crippen molar-refractivity contribution < 1.29 is 9.84 Å². The SMILES string of the molecule is CCCOc1ccc(C(O)c2ncccc2C)cc1. The van der Waals surface area contributed by atoms with Gasteiger partial charge >= 0.3 is 0 Å². The van der Waals surface area contributed by atoms with Crippen molar-refractivity contribution in [2.45, 2.75) is 26.4 Å². The standard InChI is InChI=1S/C16H19NO2/c1-3-11-19-14-8-6-13(7-9-14)16(18)15-12(2)5-4-10-17-15/h4-10,16,18H,3,11H2,1-2H3. The minimum Gasteiger partial charge on any atom is -0.494 e. The zero-order chi connectivity index (χ0) is 13.7. The van der Waals surface area contributed by atoms with E-state index in [2.05, 4.69) is 11.9 Å². The molecule has 0 saturated carbocycles. The van der Waals surface area contributed by atoms with Gasteiger partial charge in [-0.1, -0.05) is 25.1 Å². The first-order chi connectivity index (χ1) is 9.22. The van der Waals surface area contributed by atoms with Crippen LogP contribution in [0.3, 0.4) is 0 Å². The Kier molecular flexibility index (Phi) is 4.53. The van der Waals surface area contributed by atoms with Crippen LogP contribution in [0.15, 0.2) is 42.6 Å². The minimum atomic E-state index is -0.693. The van der Waals surface area contributed by atoms with Crippen LogP contribution in [-0.2, 0) is 0 Å². The number of ether oxygens (including phenoxy) is 1. The van der Waals surface area contributed by atoms with Crippen LogP contribution in [0.5, 0.6) is 5.75 Å². The van der Waals surface area contributed by atoms with E-state index >= 15 is 0 Å². The lowest BCUT2D eigenvalue weighted by Crippen LogP contribution is -2.04. The number of nitrogens with zero attached hydrogens (tertiary/aromatic N) is 1. The van der Waals surface area contributed by atoms with Crippen molar-refractivity contribution in [1.29, 1.82) is 0 Å². The van der Waals surface area contributed by atoms with Crippen molar-refractivity contribution in [3.05, 3.63) is 59.4 Å². The van der Waals surface area contributed by atoms with E-state index < -0.39 is 6.10 Å². The van der Waals surface area contributed by atoms with Crippen LogP contribution in [0.2, 0.25) is 0 Å². The predicted octanol–water partition coefficient (Wildman–Crippen LogP) is 3.26. The smallest absolute Gasteiger partial charge is 0.121 e. The molecule has 1 aromatic carbocycles. The summed E-state index contributed by atoms with van der Waals surface area (Å²) in [6.07, 6.45) is 1.99. The molecule has 0 fully saturated rings. The van der Waals surface area contributed by atoms with E-state index in [0.29, 0.717) is 12.3 Å². The van der Waals surface area contributed by atoms with E-state index in [4.69, 9.17) is 4.74 Å². The molecule has 0 aliphatic carbocycles. The van der Waals surface area contributed by atoms with Gasteiger partial charge in [0.05, 0.1) is 12.3 Å². The molecule has 0 spiro atoms. The molecule has 3 heteroatoms. The molecule has 0 saturated heterocycles. The van der Waals surface area contributed by atoms with Crippen molar-refractivity contribution in [2.24, 2.45) is 0 Å². The average Bonchev–Trinajstić information content (AvgIpc) is 2.45. The second-order valence-corrected chi connectivity index (χ2v) is 4.53. The van der Waals surface area contributed by atoms with Crippen molar-refractivity contribution >= 4 is 0 Å². The maximum Gasteiger partial charge on any atom is 0.121 e. The second-order valence-electron chi connectivity index (χ2n) is 4.53. The fourth-order valence-corrected chi connectivity index (χ4v) is 1.91. The van der Waals surface area contributed by atoms with Crippen molar-refractivity contribution in [3.63, 3.8) is 0 Å². The molecule has 0 aliphatic heterocycles. The molecular formula is C16H19NO2. The highest BCUT2D eigenvalue weighted by molar-refractivity contribution is 5.34. The number of aromatic nitrogens is 1. The molecule has 1 aromatic heterocycles. The molecule has 2 aromatic rings. The molecule has 1 N–H and O–H groups in total. The Morgan fingerprint density at radius 2 is 1.95 bits per heavy atom. The van der Waals surface area contributed by atoms with E-state index in [0.717, 1.165) is 23.3 Å². The Morgan fingerprint density at radius 3 is 2.58 bits per heavy atom. The molecule has 100 valence electrons. The largest absolute Gasteiger partial charge is 0.494 e. The lowest BCUT2D eigenvalue weighted by molar-refractivity contribution is 0.214. The van der Waals surface area contributed by atoms with Gasteiger partial charge in [0.15, 0.2) is 0 Å². The van der Waals surface area contributed by atoms with Gasteiger partial charge in [-0.05, 0) is 42.7 Å². The summed E-state index contributed by atoms with van der Waals surface area (Å²) < 4.78 is 5.52. The number of pyridine rings is 1. The number of hydrogen-bond donors (Lipinski definition) is 1. The summed E-state index contributed by atoms with van der Waals surface area (Å²) in [7, 11) is 0. The molecule has 1 atom stereocenters. The normalized spacial score (nSPS) is 12.2. The summed E-state index contributed by atoms with van der Waals surface area (Å²) in [5.41, 5.74) is 2.51. The number of aryl methyl sites for hydroxylation is 1. The quantitative estimate of drug-likeness (QED) is 0.894.